The molecule has 0 spiro atoms. The van der Waals surface area contributed by atoms with Crippen LogP contribution in [-0.2, 0) is 17.8 Å². The summed E-state index contributed by atoms with van der Waals surface area (Å²) >= 11 is 1.52. The number of nitrogens with zero attached hydrogens (tertiary/aromatic N) is 4. The first-order chi connectivity index (χ1) is 10.5. The van der Waals surface area contributed by atoms with Gasteiger partial charge in [-0.3, -0.25) is 4.79 Å². The molecule has 1 N–H and O–H groups in total. The number of nitrogens with one attached hydrogen (secondary N) is 1. The van der Waals surface area contributed by atoms with Crippen LogP contribution in [0.15, 0.2) is 0 Å². The van der Waals surface area contributed by atoms with Gasteiger partial charge < -0.3 is 15.1 Å². The summed E-state index contributed by atoms with van der Waals surface area (Å²) in [5.74, 6) is -0.152. The second-order valence-electron chi connectivity index (χ2n) is 5.62. The van der Waals surface area contributed by atoms with Gasteiger partial charge in [0, 0.05) is 27.2 Å². The van der Waals surface area contributed by atoms with Crippen molar-refractivity contribution in [3.05, 3.63) is 10.0 Å². The Morgan fingerprint density at radius 1 is 1.36 bits per heavy atom. The number of likely N-dealkylation sites (tertiary alicyclic amines) is 1. The van der Waals surface area contributed by atoms with Crippen molar-refractivity contribution in [2.24, 2.45) is 5.92 Å². The highest BCUT2D eigenvalue weighted by Gasteiger charge is 2.29. The number of amides is 3. The van der Waals surface area contributed by atoms with Gasteiger partial charge in [-0.15, -0.1) is 10.2 Å². The molecular weight excluding hydrogens is 302 g/mol. The second kappa shape index (κ2) is 7.53. The van der Waals surface area contributed by atoms with E-state index in [4.69, 9.17) is 0 Å². The van der Waals surface area contributed by atoms with E-state index in [0.717, 1.165) is 35.8 Å². The lowest BCUT2D eigenvalue weighted by Gasteiger charge is -2.33. The molecule has 1 unspecified atom stereocenters. The third kappa shape index (κ3) is 4.16. The normalized spacial score (nSPS) is 18.1. The average Bonchev–Trinajstić information content (AvgIpc) is 3.00. The van der Waals surface area contributed by atoms with E-state index in [1.807, 2.05) is 6.92 Å². The van der Waals surface area contributed by atoms with Crippen molar-refractivity contribution in [1.82, 2.24) is 25.3 Å². The first-order valence-electron chi connectivity index (χ1n) is 7.56. The van der Waals surface area contributed by atoms with Gasteiger partial charge in [0.05, 0.1) is 12.5 Å². The SMILES string of the molecule is CCc1nnc(CNC(=O)C2CCCN(C(=O)N(C)C)C2)s1. The van der Waals surface area contributed by atoms with Crippen LogP contribution in [0, 0.1) is 5.92 Å². The number of rotatable bonds is 4. The smallest absolute Gasteiger partial charge is 0.319 e. The van der Waals surface area contributed by atoms with Gasteiger partial charge >= 0.3 is 6.03 Å². The molecule has 22 heavy (non-hydrogen) atoms. The molecule has 2 rings (SSSR count). The van der Waals surface area contributed by atoms with Crippen molar-refractivity contribution in [2.45, 2.75) is 32.7 Å². The minimum absolute atomic E-state index is 0.00972. The molecule has 2 heterocycles. The van der Waals surface area contributed by atoms with Crippen molar-refractivity contribution in [2.75, 3.05) is 27.2 Å². The minimum atomic E-state index is -0.142. The molecule has 1 fully saturated rings. The van der Waals surface area contributed by atoms with Gasteiger partial charge in [0.25, 0.3) is 0 Å². The molecule has 1 aromatic rings. The van der Waals surface area contributed by atoms with E-state index < -0.39 is 0 Å². The molecule has 3 amide bonds. The summed E-state index contributed by atoms with van der Waals surface area (Å²) in [6.07, 6.45) is 2.53. The van der Waals surface area contributed by atoms with Crippen LogP contribution in [0.4, 0.5) is 4.79 Å². The standard InChI is InChI=1S/C14H23N5O2S/c1-4-11-16-17-12(22-11)8-15-13(20)10-6-5-7-19(9-10)14(21)18(2)3/h10H,4-9H2,1-3H3,(H,15,20). The molecule has 8 heteroatoms. The highest BCUT2D eigenvalue weighted by atomic mass is 32.1. The summed E-state index contributed by atoms with van der Waals surface area (Å²) in [5.41, 5.74) is 0. The number of carbonyl (C=O) groups is 2. The maximum absolute atomic E-state index is 12.3. The quantitative estimate of drug-likeness (QED) is 0.899. The molecule has 1 aliphatic heterocycles. The Bertz CT molecular complexity index is 531. The van der Waals surface area contributed by atoms with E-state index in [2.05, 4.69) is 15.5 Å². The number of hydrogen-bond donors (Lipinski definition) is 1. The third-order valence-corrected chi connectivity index (χ3v) is 4.74. The molecule has 1 aromatic heterocycles. The molecule has 0 aromatic carbocycles. The van der Waals surface area contributed by atoms with Crippen molar-refractivity contribution in [3.63, 3.8) is 0 Å². The van der Waals surface area contributed by atoms with Crippen molar-refractivity contribution < 1.29 is 9.59 Å². The fraction of sp³-hybridized carbons (Fsp3) is 0.714. The van der Waals surface area contributed by atoms with Crippen LogP contribution in [0.3, 0.4) is 0 Å². The van der Waals surface area contributed by atoms with E-state index in [1.54, 1.807) is 23.9 Å². The number of piperidine rings is 1. The van der Waals surface area contributed by atoms with Crippen molar-refractivity contribution in [3.8, 4) is 0 Å². The molecule has 0 radical (unpaired) electrons. The monoisotopic (exact) mass is 325 g/mol. The summed E-state index contributed by atoms with van der Waals surface area (Å²) < 4.78 is 0. The minimum Gasteiger partial charge on any atom is -0.349 e. The van der Waals surface area contributed by atoms with E-state index in [1.165, 1.54) is 11.3 Å². The van der Waals surface area contributed by atoms with E-state index in [0.29, 0.717) is 13.1 Å². The van der Waals surface area contributed by atoms with Gasteiger partial charge in [-0.1, -0.05) is 18.3 Å². The van der Waals surface area contributed by atoms with Crippen LogP contribution in [0.25, 0.3) is 0 Å². The molecule has 0 saturated carbocycles. The largest absolute Gasteiger partial charge is 0.349 e. The Morgan fingerprint density at radius 2 is 2.09 bits per heavy atom. The van der Waals surface area contributed by atoms with Crippen molar-refractivity contribution in [1.29, 1.82) is 0 Å². The number of aromatic nitrogens is 2. The molecule has 1 aliphatic rings. The number of carbonyl (C=O) groups excluding carboxylic acids is 2. The van der Waals surface area contributed by atoms with Gasteiger partial charge in [0.2, 0.25) is 5.91 Å². The van der Waals surface area contributed by atoms with Crippen LogP contribution < -0.4 is 5.32 Å². The highest BCUT2D eigenvalue weighted by molar-refractivity contribution is 7.11. The molecule has 122 valence electrons. The Balaban J connectivity index is 1.85. The average molecular weight is 325 g/mol. The van der Waals surface area contributed by atoms with Crippen LogP contribution in [-0.4, -0.2) is 59.1 Å². The lowest BCUT2D eigenvalue weighted by atomic mass is 9.97. The molecule has 0 bridgehead atoms. The topological polar surface area (TPSA) is 78.4 Å². The first kappa shape index (κ1) is 16.7. The fourth-order valence-electron chi connectivity index (χ4n) is 2.46. The third-order valence-electron chi connectivity index (χ3n) is 3.67. The predicted octanol–water partition coefficient (Wildman–Crippen LogP) is 1.11. The zero-order valence-corrected chi connectivity index (χ0v) is 14.2. The maximum atomic E-state index is 12.3. The van der Waals surface area contributed by atoms with E-state index in [-0.39, 0.29) is 17.9 Å². The van der Waals surface area contributed by atoms with Crippen LogP contribution in [0.1, 0.15) is 29.8 Å². The number of aryl methyl sites for hydroxylation is 1. The van der Waals surface area contributed by atoms with E-state index >= 15 is 0 Å². The summed E-state index contributed by atoms with van der Waals surface area (Å²) in [6, 6.07) is -0.0331. The molecule has 7 nitrogen and oxygen atoms in total. The summed E-state index contributed by atoms with van der Waals surface area (Å²) in [6.45, 7) is 3.64. The van der Waals surface area contributed by atoms with Crippen LogP contribution in [0.2, 0.25) is 0 Å². The Hall–Kier alpha value is -1.70. The molecule has 0 aliphatic carbocycles. The summed E-state index contributed by atoms with van der Waals surface area (Å²) in [4.78, 5) is 27.6. The zero-order valence-electron chi connectivity index (χ0n) is 13.3. The number of urea groups is 1. The van der Waals surface area contributed by atoms with Crippen LogP contribution in [0.5, 0.6) is 0 Å². The Morgan fingerprint density at radius 3 is 2.73 bits per heavy atom. The lowest BCUT2D eigenvalue weighted by Crippen LogP contribution is -2.48. The molecule has 1 saturated heterocycles. The fourth-order valence-corrected chi connectivity index (χ4v) is 3.18. The Labute approximate surface area is 134 Å². The predicted molar refractivity (Wildman–Crippen MR) is 84.5 cm³/mol. The van der Waals surface area contributed by atoms with Gasteiger partial charge in [0.15, 0.2) is 0 Å². The summed E-state index contributed by atoms with van der Waals surface area (Å²) in [7, 11) is 3.46. The van der Waals surface area contributed by atoms with Crippen LogP contribution >= 0.6 is 11.3 Å². The zero-order chi connectivity index (χ0) is 16.1. The lowest BCUT2D eigenvalue weighted by molar-refractivity contribution is -0.126. The molecule has 1 atom stereocenters. The van der Waals surface area contributed by atoms with Gasteiger partial charge in [-0.25, -0.2) is 4.79 Å². The van der Waals surface area contributed by atoms with E-state index in [9.17, 15) is 9.59 Å². The Kier molecular flexibility index (Phi) is 5.70. The van der Waals surface area contributed by atoms with Crippen molar-refractivity contribution >= 4 is 23.3 Å². The number of hydrogen-bond acceptors (Lipinski definition) is 5. The molecular formula is C14H23N5O2S. The summed E-state index contributed by atoms with van der Waals surface area (Å²) in [5, 5.41) is 12.8. The highest BCUT2D eigenvalue weighted by Crippen LogP contribution is 2.18. The van der Waals surface area contributed by atoms with Gasteiger partial charge in [0.1, 0.15) is 10.0 Å². The second-order valence-corrected chi connectivity index (χ2v) is 6.77. The first-order valence-corrected chi connectivity index (χ1v) is 8.38. The van der Waals surface area contributed by atoms with Gasteiger partial charge in [-0.2, -0.15) is 0 Å². The van der Waals surface area contributed by atoms with Gasteiger partial charge in [-0.05, 0) is 19.3 Å². The maximum Gasteiger partial charge on any atom is 0.319 e.